The lowest BCUT2D eigenvalue weighted by molar-refractivity contribution is 0.102. The number of nitrogens with zero attached hydrogens (tertiary/aromatic N) is 4. The van der Waals surface area contributed by atoms with Crippen molar-refractivity contribution in [3.05, 3.63) is 42.2 Å². The van der Waals surface area contributed by atoms with E-state index in [1.54, 1.807) is 19.4 Å². The highest BCUT2D eigenvalue weighted by Gasteiger charge is 2.14. The van der Waals surface area contributed by atoms with Crippen molar-refractivity contribution >= 4 is 23.2 Å². The van der Waals surface area contributed by atoms with E-state index in [-0.39, 0.29) is 5.91 Å². The summed E-state index contributed by atoms with van der Waals surface area (Å²) < 4.78 is 5.01. The van der Waals surface area contributed by atoms with E-state index in [1.807, 2.05) is 24.3 Å². The molecule has 8 heteroatoms. The van der Waals surface area contributed by atoms with Gasteiger partial charge in [-0.3, -0.25) is 4.79 Å². The van der Waals surface area contributed by atoms with Crippen LogP contribution in [-0.4, -0.2) is 74.3 Å². The molecule has 1 aliphatic rings. The number of methoxy groups -OCH3 is 1. The molecule has 2 aromatic rings. The summed E-state index contributed by atoms with van der Waals surface area (Å²) >= 11 is 0. The van der Waals surface area contributed by atoms with Gasteiger partial charge in [-0.15, -0.1) is 0 Å². The number of amides is 1. The Morgan fingerprint density at radius 2 is 1.89 bits per heavy atom. The van der Waals surface area contributed by atoms with Crippen molar-refractivity contribution in [1.29, 1.82) is 0 Å². The molecule has 0 radical (unpaired) electrons. The van der Waals surface area contributed by atoms with Crippen LogP contribution in [0.1, 0.15) is 16.9 Å². The number of hydrogen-bond acceptors (Lipinski definition) is 7. The number of rotatable bonds is 8. The van der Waals surface area contributed by atoms with Crippen LogP contribution in [0.2, 0.25) is 0 Å². The topological polar surface area (TPSA) is 82.6 Å². The van der Waals surface area contributed by atoms with E-state index in [9.17, 15) is 4.79 Å². The second kappa shape index (κ2) is 10.0. The lowest BCUT2D eigenvalue weighted by Gasteiger charge is -2.34. The van der Waals surface area contributed by atoms with Gasteiger partial charge in [-0.2, -0.15) is 0 Å². The van der Waals surface area contributed by atoms with Crippen LogP contribution in [0.25, 0.3) is 0 Å². The van der Waals surface area contributed by atoms with Crippen molar-refractivity contribution in [2.75, 3.05) is 69.0 Å². The van der Waals surface area contributed by atoms with Crippen molar-refractivity contribution in [3.8, 4) is 0 Å². The number of benzene rings is 1. The van der Waals surface area contributed by atoms with Crippen LogP contribution in [0, 0.1) is 0 Å². The Hall–Kier alpha value is -2.71. The number of anilines is 3. The van der Waals surface area contributed by atoms with Crippen LogP contribution < -0.4 is 15.5 Å². The molecule has 0 saturated carbocycles. The van der Waals surface area contributed by atoms with Gasteiger partial charge in [0.05, 0.1) is 0 Å². The Labute approximate surface area is 165 Å². The zero-order chi connectivity index (χ0) is 19.8. The maximum Gasteiger partial charge on any atom is 0.274 e. The predicted octanol–water partition coefficient (Wildman–Crippen LogP) is 1.93. The van der Waals surface area contributed by atoms with E-state index in [0.717, 1.165) is 38.3 Å². The van der Waals surface area contributed by atoms with E-state index in [4.69, 9.17) is 4.74 Å². The van der Waals surface area contributed by atoms with E-state index in [0.29, 0.717) is 24.8 Å². The van der Waals surface area contributed by atoms with Crippen molar-refractivity contribution in [1.82, 2.24) is 14.9 Å². The maximum absolute atomic E-state index is 12.5. The summed E-state index contributed by atoms with van der Waals surface area (Å²) in [6.07, 6.45) is 2.42. The van der Waals surface area contributed by atoms with Gasteiger partial charge in [0, 0.05) is 64.0 Å². The maximum atomic E-state index is 12.5. The molecule has 2 N–H and O–H groups in total. The highest BCUT2D eigenvalue weighted by Crippen LogP contribution is 2.19. The van der Waals surface area contributed by atoms with Gasteiger partial charge in [-0.1, -0.05) is 0 Å². The number of carbonyl (C=O) groups excluding carboxylic acids is 1. The number of aromatic nitrogens is 2. The number of ether oxygens (including phenoxy) is 1. The molecule has 1 fully saturated rings. The zero-order valence-corrected chi connectivity index (χ0v) is 16.5. The minimum Gasteiger partial charge on any atom is -0.385 e. The Morgan fingerprint density at radius 1 is 1.14 bits per heavy atom. The predicted molar refractivity (Wildman–Crippen MR) is 111 cm³/mol. The van der Waals surface area contributed by atoms with Gasteiger partial charge in [0.1, 0.15) is 5.69 Å². The van der Waals surface area contributed by atoms with Crippen LogP contribution in [0.5, 0.6) is 0 Å². The fourth-order valence-corrected chi connectivity index (χ4v) is 3.00. The minimum absolute atomic E-state index is 0.255. The molecule has 8 nitrogen and oxygen atoms in total. The first-order chi connectivity index (χ1) is 13.7. The third-order valence-electron chi connectivity index (χ3n) is 4.69. The number of nitrogens with one attached hydrogen (secondary N) is 2. The summed E-state index contributed by atoms with van der Waals surface area (Å²) in [5, 5.41) is 5.99. The van der Waals surface area contributed by atoms with Crippen molar-refractivity contribution in [3.63, 3.8) is 0 Å². The second-order valence-corrected chi connectivity index (χ2v) is 6.83. The lowest BCUT2D eigenvalue weighted by atomic mass is 10.2. The standard InChI is InChI=1S/C20H28N6O2/c1-25-11-13-26(14-12-25)17-6-4-16(5-7-17)23-19(27)18-8-10-22-20(24-18)21-9-3-15-28-2/h4-8,10H,3,9,11-15H2,1-2H3,(H,23,27)(H,21,22,24). The summed E-state index contributed by atoms with van der Waals surface area (Å²) in [6, 6.07) is 9.55. The summed E-state index contributed by atoms with van der Waals surface area (Å²) in [5.41, 5.74) is 2.25. The third kappa shape index (κ3) is 5.64. The molecule has 3 rings (SSSR count). The highest BCUT2D eigenvalue weighted by molar-refractivity contribution is 6.03. The highest BCUT2D eigenvalue weighted by atomic mass is 16.5. The van der Waals surface area contributed by atoms with Crippen LogP contribution in [-0.2, 0) is 4.74 Å². The fraction of sp³-hybridized carbons (Fsp3) is 0.450. The van der Waals surface area contributed by atoms with Gasteiger partial charge in [0.25, 0.3) is 5.91 Å². The number of carbonyl (C=O) groups is 1. The molecule has 0 spiro atoms. The second-order valence-electron chi connectivity index (χ2n) is 6.83. The Bertz CT molecular complexity index is 760. The van der Waals surface area contributed by atoms with Crippen molar-refractivity contribution in [2.45, 2.75) is 6.42 Å². The first-order valence-electron chi connectivity index (χ1n) is 9.56. The van der Waals surface area contributed by atoms with Crippen LogP contribution >= 0.6 is 0 Å². The van der Waals surface area contributed by atoms with Crippen molar-refractivity contribution in [2.24, 2.45) is 0 Å². The average Bonchev–Trinajstić information content (AvgIpc) is 2.73. The van der Waals surface area contributed by atoms with Gasteiger partial charge in [-0.25, -0.2) is 9.97 Å². The summed E-state index contributed by atoms with van der Waals surface area (Å²) in [4.78, 5) is 25.6. The van der Waals surface area contributed by atoms with E-state index in [1.165, 1.54) is 5.69 Å². The molecule has 1 aliphatic heterocycles. The molecular formula is C20H28N6O2. The Kier molecular flexibility index (Phi) is 7.16. The normalized spacial score (nSPS) is 14.7. The van der Waals surface area contributed by atoms with Crippen LogP contribution in [0.3, 0.4) is 0 Å². The first-order valence-corrected chi connectivity index (χ1v) is 9.56. The van der Waals surface area contributed by atoms with Crippen LogP contribution in [0.15, 0.2) is 36.5 Å². The summed E-state index contributed by atoms with van der Waals surface area (Å²) in [5.74, 6) is 0.184. The fourth-order valence-electron chi connectivity index (χ4n) is 3.00. The summed E-state index contributed by atoms with van der Waals surface area (Å²) in [7, 11) is 3.81. The molecule has 2 heterocycles. The smallest absolute Gasteiger partial charge is 0.274 e. The molecule has 1 amide bonds. The van der Waals surface area contributed by atoms with Gasteiger partial charge >= 0.3 is 0 Å². The Morgan fingerprint density at radius 3 is 2.61 bits per heavy atom. The van der Waals surface area contributed by atoms with Gasteiger partial charge < -0.3 is 25.2 Å². The summed E-state index contributed by atoms with van der Waals surface area (Å²) in [6.45, 7) is 5.51. The monoisotopic (exact) mass is 384 g/mol. The molecule has 0 aliphatic carbocycles. The molecular weight excluding hydrogens is 356 g/mol. The lowest BCUT2D eigenvalue weighted by Crippen LogP contribution is -2.44. The van der Waals surface area contributed by atoms with Crippen molar-refractivity contribution < 1.29 is 9.53 Å². The molecule has 28 heavy (non-hydrogen) atoms. The zero-order valence-electron chi connectivity index (χ0n) is 16.5. The Balaban J connectivity index is 1.55. The number of likely N-dealkylation sites (N-methyl/N-ethyl adjacent to an activating group) is 1. The molecule has 1 aromatic heterocycles. The van der Waals surface area contributed by atoms with Crippen LogP contribution in [0.4, 0.5) is 17.3 Å². The third-order valence-corrected chi connectivity index (χ3v) is 4.69. The van der Waals surface area contributed by atoms with Gasteiger partial charge in [-0.05, 0) is 43.8 Å². The molecule has 0 bridgehead atoms. The quantitative estimate of drug-likeness (QED) is 0.673. The molecule has 0 unspecified atom stereocenters. The molecule has 1 aromatic carbocycles. The molecule has 150 valence electrons. The van der Waals surface area contributed by atoms with E-state index < -0.39 is 0 Å². The van der Waals surface area contributed by atoms with E-state index in [2.05, 4.69) is 37.4 Å². The molecule has 1 saturated heterocycles. The SMILES string of the molecule is COCCCNc1nccc(C(=O)Nc2ccc(N3CCN(C)CC3)cc2)n1. The van der Waals surface area contributed by atoms with Gasteiger partial charge in [0.15, 0.2) is 0 Å². The van der Waals surface area contributed by atoms with Gasteiger partial charge in [0.2, 0.25) is 5.95 Å². The number of piperazine rings is 1. The van der Waals surface area contributed by atoms with E-state index >= 15 is 0 Å². The first kappa shape index (κ1) is 20.0. The average molecular weight is 384 g/mol. The molecule has 0 atom stereocenters. The largest absolute Gasteiger partial charge is 0.385 e. The minimum atomic E-state index is -0.255. The number of hydrogen-bond donors (Lipinski definition) is 2.